The number of nitrogens with one attached hydrogen (secondary N) is 2. The van der Waals surface area contributed by atoms with Gasteiger partial charge < -0.3 is 19.5 Å². The number of anilines is 4. The molecule has 32 heavy (non-hydrogen) atoms. The van der Waals surface area contributed by atoms with Gasteiger partial charge in [0.2, 0.25) is 0 Å². The normalized spacial score (nSPS) is 10.6. The molecule has 4 aromatic rings. The first-order chi connectivity index (χ1) is 15.1. The second kappa shape index (κ2) is 10.6. The maximum Gasteiger partial charge on any atom is 0.454 e. The van der Waals surface area contributed by atoms with Crippen molar-refractivity contribution in [2.24, 2.45) is 0 Å². The molecule has 0 aliphatic carbocycles. The molecule has 4 aromatic carbocycles. The van der Waals surface area contributed by atoms with Crippen molar-refractivity contribution in [3.05, 3.63) is 109 Å². The van der Waals surface area contributed by atoms with Gasteiger partial charge in [-0.25, -0.2) is 0 Å². The molecule has 0 aromatic heterocycles. The molecule has 164 valence electrons. The Morgan fingerprint density at radius 2 is 0.781 bits per heavy atom. The summed E-state index contributed by atoms with van der Waals surface area (Å²) in [5.74, 6) is 1.61. The van der Waals surface area contributed by atoms with E-state index in [-0.39, 0.29) is 7.43 Å². The maximum absolute atomic E-state index is 6.21. The van der Waals surface area contributed by atoms with Crippen molar-refractivity contribution in [1.82, 2.24) is 0 Å². The summed E-state index contributed by atoms with van der Waals surface area (Å²) in [6.45, 7) is 4.08. The average Bonchev–Trinajstić information content (AvgIpc) is 2.78. The summed E-state index contributed by atoms with van der Waals surface area (Å²) in [5.41, 5.74) is 4.14. The van der Waals surface area contributed by atoms with Crippen molar-refractivity contribution in [2.45, 2.75) is 20.5 Å². The number of benzene rings is 4. The number of hydrogen-bond donors (Lipinski definition) is 2. The van der Waals surface area contributed by atoms with E-state index in [9.17, 15) is 0 Å². The summed E-state index contributed by atoms with van der Waals surface area (Å²) in [5, 5.41) is 6.75. The lowest BCUT2D eigenvalue weighted by molar-refractivity contribution is 0.400. The van der Waals surface area contributed by atoms with Gasteiger partial charge in [-0.05, 0) is 72.8 Å². The first kappa shape index (κ1) is 23.0. The topological polar surface area (TPSA) is 42.5 Å². The van der Waals surface area contributed by atoms with Gasteiger partial charge >= 0.3 is 8.56 Å². The van der Waals surface area contributed by atoms with Gasteiger partial charge in [0.25, 0.3) is 0 Å². The van der Waals surface area contributed by atoms with Gasteiger partial charge in [-0.1, -0.05) is 43.8 Å². The molecule has 0 fully saturated rings. The third kappa shape index (κ3) is 6.65. The molecular formula is C27H30N2O2Si. The molecule has 0 bridgehead atoms. The zero-order valence-electron chi connectivity index (χ0n) is 17.7. The Labute approximate surface area is 192 Å². The van der Waals surface area contributed by atoms with Crippen LogP contribution in [-0.4, -0.2) is 8.56 Å². The van der Waals surface area contributed by atoms with E-state index in [1.54, 1.807) is 0 Å². The molecule has 5 heteroatoms. The van der Waals surface area contributed by atoms with Crippen molar-refractivity contribution in [3.63, 3.8) is 0 Å². The van der Waals surface area contributed by atoms with Crippen LogP contribution < -0.4 is 19.5 Å². The van der Waals surface area contributed by atoms with E-state index in [4.69, 9.17) is 8.85 Å². The summed E-state index contributed by atoms with van der Waals surface area (Å²) >= 11 is 0. The van der Waals surface area contributed by atoms with Crippen LogP contribution in [0.25, 0.3) is 0 Å². The fourth-order valence-electron chi connectivity index (χ4n) is 3.18. The van der Waals surface area contributed by atoms with Crippen molar-refractivity contribution in [2.75, 3.05) is 10.6 Å². The van der Waals surface area contributed by atoms with Gasteiger partial charge in [0.05, 0.1) is 0 Å². The minimum absolute atomic E-state index is 0. The highest BCUT2D eigenvalue weighted by Crippen LogP contribution is 2.25. The molecule has 4 rings (SSSR count). The Morgan fingerprint density at radius 1 is 0.469 bits per heavy atom. The van der Waals surface area contributed by atoms with Crippen LogP contribution in [-0.2, 0) is 0 Å². The van der Waals surface area contributed by atoms with Crippen LogP contribution in [0.3, 0.4) is 0 Å². The predicted octanol–water partition coefficient (Wildman–Crippen LogP) is 7.97. The maximum atomic E-state index is 6.21. The summed E-state index contributed by atoms with van der Waals surface area (Å²) < 4.78 is 12.4. The van der Waals surface area contributed by atoms with Crippen LogP contribution in [0.15, 0.2) is 109 Å². The molecule has 2 N–H and O–H groups in total. The van der Waals surface area contributed by atoms with Crippen LogP contribution >= 0.6 is 0 Å². The fourth-order valence-corrected chi connectivity index (χ4v) is 4.63. The molecule has 0 saturated heterocycles. The Balaban J connectivity index is 0.00000289. The van der Waals surface area contributed by atoms with Crippen LogP contribution in [0.5, 0.6) is 11.5 Å². The van der Waals surface area contributed by atoms with Crippen molar-refractivity contribution in [3.8, 4) is 11.5 Å². The minimum Gasteiger partial charge on any atom is -0.512 e. The molecule has 4 nitrogen and oxygen atoms in total. The highest BCUT2D eigenvalue weighted by molar-refractivity contribution is 6.66. The molecule has 0 saturated carbocycles. The van der Waals surface area contributed by atoms with E-state index in [1.807, 2.05) is 122 Å². The van der Waals surface area contributed by atoms with E-state index >= 15 is 0 Å². The summed E-state index contributed by atoms with van der Waals surface area (Å²) in [7, 11) is -2.41. The lowest BCUT2D eigenvalue weighted by Gasteiger charge is -2.25. The largest absolute Gasteiger partial charge is 0.512 e. The highest BCUT2D eigenvalue weighted by atomic mass is 28.4. The molecule has 0 radical (unpaired) electrons. The molecule has 0 spiro atoms. The molecule has 0 amide bonds. The Kier molecular flexibility index (Phi) is 7.57. The highest BCUT2D eigenvalue weighted by Gasteiger charge is 2.29. The first-order valence-corrected chi connectivity index (χ1v) is 13.1. The van der Waals surface area contributed by atoms with Crippen LogP contribution in [0.4, 0.5) is 22.7 Å². The molecule has 0 atom stereocenters. The third-order valence-corrected chi connectivity index (χ3v) is 6.02. The standard InChI is InChI=1S/C26H26N2O2Si.CH4/c1-31(2,29-25-17-13-23(14-18-25)27-21-9-5-3-6-10-21)30-26-19-15-24(16-20-26)28-22-11-7-4-8-12-22;/h3-20,27-28H,1-2H3;1H4. The smallest absolute Gasteiger partial charge is 0.454 e. The summed E-state index contributed by atoms with van der Waals surface area (Å²) in [4.78, 5) is 0. The first-order valence-electron chi connectivity index (χ1n) is 10.3. The van der Waals surface area contributed by atoms with Crippen LogP contribution in [0.2, 0.25) is 13.1 Å². The fraction of sp³-hybridized carbons (Fsp3) is 0.111. The van der Waals surface area contributed by atoms with E-state index in [1.165, 1.54) is 0 Å². The second-order valence-corrected chi connectivity index (χ2v) is 10.8. The zero-order chi connectivity index (χ0) is 21.5. The predicted molar refractivity (Wildman–Crippen MR) is 138 cm³/mol. The average molecular weight is 443 g/mol. The van der Waals surface area contributed by atoms with E-state index in [2.05, 4.69) is 10.6 Å². The number of hydrogen-bond acceptors (Lipinski definition) is 4. The quantitative estimate of drug-likeness (QED) is 0.272. The molecule has 0 heterocycles. The van der Waals surface area contributed by atoms with Crippen LogP contribution in [0, 0.1) is 0 Å². The van der Waals surface area contributed by atoms with Crippen molar-refractivity contribution < 1.29 is 8.85 Å². The molecular weight excluding hydrogens is 412 g/mol. The number of rotatable bonds is 8. The monoisotopic (exact) mass is 442 g/mol. The van der Waals surface area contributed by atoms with Crippen LogP contribution in [0.1, 0.15) is 7.43 Å². The second-order valence-electron chi connectivity index (χ2n) is 7.63. The van der Waals surface area contributed by atoms with Gasteiger partial charge in [-0.3, -0.25) is 0 Å². The number of para-hydroxylation sites is 2. The van der Waals surface area contributed by atoms with Crippen molar-refractivity contribution in [1.29, 1.82) is 0 Å². The Bertz CT molecular complexity index is 995. The van der Waals surface area contributed by atoms with Gasteiger partial charge in [0.1, 0.15) is 11.5 Å². The van der Waals surface area contributed by atoms with E-state index < -0.39 is 8.56 Å². The Morgan fingerprint density at radius 3 is 1.12 bits per heavy atom. The van der Waals surface area contributed by atoms with E-state index in [0.29, 0.717) is 0 Å². The SMILES string of the molecule is C.C[Si](C)(Oc1ccc(Nc2ccccc2)cc1)Oc1ccc(Nc2ccccc2)cc1. The van der Waals surface area contributed by atoms with E-state index in [0.717, 1.165) is 34.2 Å². The zero-order valence-corrected chi connectivity index (χ0v) is 18.7. The molecule has 0 unspecified atom stereocenters. The van der Waals surface area contributed by atoms with Crippen molar-refractivity contribution >= 4 is 31.3 Å². The van der Waals surface area contributed by atoms with Gasteiger partial charge in [0, 0.05) is 35.8 Å². The molecule has 0 aliphatic heterocycles. The summed E-state index contributed by atoms with van der Waals surface area (Å²) in [6.07, 6.45) is 0. The molecule has 0 aliphatic rings. The minimum atomic E-state index is -2.41. The van der Waals surface area contributed by atoms with Gasteiger partial charge in [-0.15, -0.1) is 0 Å². The van der Waals surface area contributed by atoms with Gasteiger partial charge in [0.15, 0.2) is 0 Å². The third-order valence-electron chi connectivity index (χ3n) is 4.56. The lowest BCUT2D eigenvalue weighted by atomic mass is 10.2. The van der Waals surface area contributed by atoms with Gasteiger partial charge in [-0.2, -0.15) is 0 Å². The summed E-state index contributed by atoms with van der Waals surface area (Å²) in [6, 6.07) is 36.1. The lowest BCUT2D eigenvalue weighted by Crippen LogP contribution is -2.41. The Hall–Kier alpha value is -3.70.